The number of nitrogens with zero attached hydrogens (tertiary/aromatic N) is 4. The first-order valence-electron chi connectivity index (χ1n) is 8.97. The van der Waals surface area contributed by atoms with Crippen LogP contribution in [0.3, 0.4) is 0 Å². The van der Waals surface area contributed by atoms with Crippen molar-refractivity contribution in [2.75, 3.05) is 11.9 Å². The first-order chi connectivity index (χ1) is 14.9. The van der Waals surface area contributed by atoms with Gasteiger partial charge in [0.25, 0.3) is 11.6 Å². The lowest BCUT2D eigenvalue weighted by atomic mass is 10.2. The predicted octanol–water partition coefficient (Wildman–Crippen LogP) is 2.63. The number of carbonyl (C=O) groups is 2. The van der Waals surface area contributed by atoms with Crippen molar-refractivity contribution in [3.63, 3.8) is 0 Å². The number of benzene rings is 2. The van der Waals surface area contributed by atoms with Crippen LogP contribution < -0.4 is 10.7 Å². The zero-order valence-electron chi connectivity index (χ0n) is 16.4. The molecule has 2 N–H and O–H groups in total. The van der Waals surface area contributed by atoms with Gasteiger partial charge in [-0.1, -0.05) is 23.4 Å². The molecule has 0 fully saturated rings. The van der Waals surface area contributed by atoms with Gasteiger partial charge in [-0.3, -0.25) is 14.9 Å². The fourth-order valence-electron chi connectivity index (χ4n) is 2.18. The molecular weight excluding hydrogens is 404 g/mol. The molecule has 31 heavy (non-hydrogen) atoms. The van der Waals surface area contributed by atoms with E-state index in [1.165, 1.54) is 19.1 Å². The van der Waals surface area contributed by atoms with Gasteiger partial charge in [-0.2, -0.15) is 10.4 Å². The molecule has 0 heterocycles. The van der Waals surface area contributed by atoms with Crippen LogP contribution in [0.25, 0.3) is 0 Å². The number of hydrogen-bond acceptors (Lipinski definition) is 9. The van der Waals surface area contributed by atoms with Crippen molar-refractivity contribution < 1.29 is 19.3 Å². The molecule has 2 aromatic rings. The average molecular weight is 422 g/mol. The molecule has 158 valence electrons. The summed E-state index contributed by atoms with van der Waals surface area (Å²) < 4.78 is 0. The first kappa shape index (κ1) is 22.7. The summed E-state index contributed by atoms with van der Waals surface area (Å²) >= 11 is 0. The third-order valence-electron chi connectivity index (χ3n) is 3.72. The number of oxime groups is 1. The van der Waals surface area contributed by atoms with Gasteiger partial charge in [0.05, 0.1) is 28.7 Å². The lowest BCUT2D eigenvalue weighted by Crippen LogP contribution is -2.30. The number of non-ortho nitro benzene ring substituents is 1. The Labute approximate surface area is 177 Å². The molecule has 1 amide bonds. The van der Waals surface area contributed by atoms with Gasteiger partial charge in [0.15, 0.2) is 5.71 Å². The van der Waals surface area contributed by atoms with E-state index in [1.54, 1.807) is 30.3 Å². The molecule has 0 atom stereocenters. The Hall–Kier alpha value is -4.59. The average Bonchev–Trinajstić information content (AvgIpc) is 2.77. The van der Waals surface area contributed by atoms with Gasteiger partial charge in [-0.05, 0) is 31.2 Å². The number of hydrazone groups is 1. The van der Waals surface area contributed by atoms with Gasteiger partial charge < -0.3 is 15.6 Å². The largest absolute Gasteiger partial charge is 0.365 e. The van der Waals surface area contributed by atoms with Crippen LogP contribution >= 0.6 is 0 Å². The normalized spacial score (nSPS) is 11.2. The number of para-hydroxylation sites is 1. The second-order valence-corrected chi connectivity index (χ2v) is 5.96. The smallest absolute Gasteiger partial charge is 0.320 e. The van der Waals surface area contributed by atoms with Gasteiger partial charge in [0, 0.05) is 24.4 Å². The standard InChI is InChI=1S/C20H18N6O5/c1-14(24-22-13-5-12-21)18(19(27)23-16-6-3-2-4-7-16)25-31-20(28)15-8-10-17(11-9-15)26(29)30/h2-4,6-11,22H,5,13H2,1H3,(H,23,27)/b24-14-,25-18+. The maximum atomic E-state index is 12.6. The summed E-state index contributed by atoms with van der Waals surface area (Å²) in [5, 5.41) is 29.5. The number of nitro groups is 1. The minimum Gasteiger partial charge on any atom is -0.320 e. The van der Waals surface area contributed by atoms with Crippen molar-refractivity contribution in [3.8, 4) is 6.07 Å². The Kier molecular flexibility index (Phi) is 8.36. The molecule has 0 bridgehead atoms. The quantitative estimate of drug-likeness (QED) is 0.206. The number of amides is 1. The zero-order chi connectivity index (χ0) is 22.6. The molecule has 0 saturated carbocycles. The fourth-order valence-corrected chi connectivity index (χ4v) is 2.18. The molecule has 0 unspecified atom stereocenters. The lowest BCUT2D eigenvalue weighted by Gasteiger charge is -2.08. The number of hydrogen-bond donors (Lipinski definition) is 2. The van der Waals surface area contributed by atoms with E-state index in [9.17, 15) is 19.7 Å². The third-order valence-corrected chi connectivity index (χ3v) is 3.72. The van der Waals surface area contributed by atoms with Crippen molar-refractivity contribution in [1.29, 1.82) is 5.26 Å². The van der Waals surface area contributed by atoms with E-state index < -0.39 is 16.8 Å². The van der Waals surface area contributed by atoms with Crippen molar-refractivity contribution in [3.05, 3.63) is 70.3 Å². The number of rotatable bonds is 9. The second-order valence-electron chi connectivity index (χ2n) is 5.96. The van der Waals surface area contributed by atoms with E-state index in [1.807, 2.05) is 6.07 Å². The van der Waals surface area contributed by atoms with E-state index in [2.05, 4.69) is 21.0 Å². The molecule has 0 aliphatic carbocycles. The Morgan fingerprint density at radius 2 is 1.84 bits per heavy atom. The van der Waals surface area contributed by atoms with Crippen LogP contribution in [0.1, 0.15) is 23.7 Å². The molecule has 0 saturated heterocycles. The van der Waals surface area contributed by atoms with E-state index in [0.29, 0.717) is 5.69 Å². The topological polar surface area (TPSA) is 159 Å². The summed E-state index contributed by atoms with van der Waals surface area (Å²) in [5.41, 5.74) is 2.78. The Bertz CT molecular complexity index is 1040. The highest BCUT2D eigenvalue weighted by molar-refractivity contribution is 6.68. The molecule has 11 nitrogen and oxygen atoms in total. The summed E-state index contributed by atoms with van der Waals surface area (Å²) in [6, 6.07) is 15.2. The summed E-state index contributed by atoms with van der Waals surface area (Å²) in [7, 11) is 0. The lowest BCUT2D eigenvalue weighted by molar-refractivity contribution is -0.384. The van der Waals surface area contributed by atoms with Gasteiger partial charge in [0.1, 0.15) is 0 Å². The highest BCUT2D eigenvalue weighted by Crippen LogP contribution is 2.13. The molecule has 0 radical (unpaired) electrons. The van der Waals surface area contributed by atoms with Crippen LogP contribution in [-0.4, -0.2) is 34.8 Å². The van der Waals surface area contributed by atoms with E-state index in [-0.39, 0.29) is 35.6 Å². The number of carbonyl (C=O) groups excluding carboxylic acids is 2. The number of nitriles is 1. The molecule has 0 aliphatic heterocycles. The van der Waals surface area contributed by atoms with Crippen LogP contribution in [0.2, 0.25) is 0 Å². The highest BCUT2D eigenvalue weighted by Gasteiger charge is 2.19. The molecule has 0 aliphatic rings. The van der Waals surface area contributed by atoms with Crippen LogP contribution in [0.5, 0.6) is 0 Å². The minimum atomic E-state index is -0.912. The Morgan fingerprint density at radius 1 is 1.16 bits per heavy atom. The fraction of sp³-hybridized carbons (Fsp3) is 0.150. The van der Waals surface area contributed by atoms with Crippen LogP contribution in [0.15, 0.2) is 64.9 Å². The molecule has 2 rings (SSSR count). The third kappa shape index (κ3) is 7.06. The number of anilines is 1. The molecule has 0 aromatic heterocycles. The molecule has 11 heteroatoms. The van der Waals surface area contributed by atoms with E-state index in [0.717, 1.165) is 12.1 Å². The Morgan fingerprint density at radius 3 is 2.45 bits per heavy atom. The van der Waals surface area contributed by atoms with Crippen molar-refractivity contribution in [2.45, 2.75) is 13.3 Å². The van der Waals surface area contributed by atoms with E-state index in [4.69, 9.17) is 10.1 Å². The van der Waals surface area contributed by atoms with Crippen LogP contribution in [-0.2, 0) is 9.63 Å². The maximum Gasteiger partial charge on any atom is 0.365 e. The number of nitrogens with one attached hydrogen (secondary N) is 2. The van der Waals surface area contributed by atoms with Crippen molar-refractivity contribution in [1.82, 2.24) is 5.43 Å². The van der Waals surface area contributed by atoms with Crippen molar-refractivity contribution >= 4 is 34.7 Å². The van der Waals surface area contributed by atoms with Crippen molar-refractivity contribution in [2.24, 2.45) is 10.3 Å². The Balaban J connectivity index is 2.20. The van der Waals surface area contributed by atoms with E-state index >= 15 is 0 Å². The molecular formula is C20H18N6O5. The summed E-state index contributed by atoms with van der Waals surface area (Å²) in [5.74, 6) is -1.59. The number of nitro benzene ring substituents is 1. The molecule has 0 spiro atoms. The second kappa shape index (κ2) is 11.4. The summed E-state index contributed by atoms with van der Waals surface area (Å²) in [6.45, 7) is 1.73. The van der Waals surface area contributed by atoms with Gasteiger partial charge >= 0.3 is 5.97 Å². The predicted molar refractivity (Wildman–Crippen MR) is 112 cm³/mol. The zero-order valence-corrected chi connectivity index (χ0v) is 16.4. The highest BCUT2D eigenvalue weighted by atomic mass is 16.7. The van der Waals surface area contributed by atoms with Gasteiger partial charge in [-0.25, -0.2) is 4.79 Å². The first-order valence-corrected chi connectivity index (χ1v) is 8.97. The van der Waals surface area contributed by atoms with Crippen LogP contribution in [0, 0.1) is 21.4 Å². The molecule has 2 aromatic carbocycles. The van der Waals surface area contributed by atoms with Gasteiger partial charge in [-0.15, -0.1) is 0 Å². The minimum absolute atomic E-state index is 0.0129. The maximum absolute atomic E-state index is 12.6. The van der Waals surface area contributed by atoms with Crippen LogP contribution in [0.4, 0.5) is 11.4 Å². The summed E-state index contributed by atoms with van der Waals surface area (Å²) in [4.78, 5) is 39.8. The monoisotopic (exact) mass is 422 g/mol. The SMILES string of the molecule is CC(=N/NCCC#N)/C(=N\OC(=O)c1ccc([N+](=O)[O-])cc1)C(=O)Nc1ccccc1. The summed E-state index contributed by atoms with van der Waals surface area (Å²) in [6.07, 6.45) is 0.203. The van der Waals surface area contributed by atoms with Gasteiger partial charge in [0.2, 0.25) is 0 Å².